The number of carboxylic acid groups (broad SMARTS) is 1. The molecular formula is C14H14NO7S-. The van der Waals surface area contributed by atoms with E-state index in [0.29, 0.717) is 11.3 Å². The van der Waals surface area contributed by atoms with Crippen molar-refractivity contribution in [1.29, 1.82) is 0 Å². The molecule has 0 fully saturated rings. The lowest BCUT2D eigenvalue weighted by Crippen LogP contribution is -2.34. The van der Waals surface area contributed by atoms with Gasteiger partial charge >= 0.3 is 5.97 Å². The van der Waals surface area contributed by atoms with Crippen LogP contribution in [0.15, 0.2) is 24.3 Å². The number of esters is 1. The summed E-state index contributed by atoms with van der Waals surface area (Å²) < 4.78 is 4.81. The lowest BCUT2D eigenvalue weighted by molar-refractivity contribution is -0.384. The van der Waals surface area contributed by atoms with E-state index >= 15 is 0 Å². The number of aliphatic carboxylic acids is 1. The SMILES string of the molecule is CCSC(CC(=O)[O-])C(=O)C(=O)OCc1ccc([N+](=O)[O-])cc1. The highest BCUT2D eigenvalue weighted by Gasteiger charge is 2.27. The van der Waals surface area contributed by atoms with E-state index in [-0.39, 0.29) is 12.3 Å². The van der Waals surface area contributed by atoms with Gasteiger partial charge in [-0.15, -0.1) is 11.8 Å². The predicted molar refractivity (Wildman–Crippen MR) is 79.4 cm³/mol. The molecule has 0 bridgehead atoms. The van der Waals surface area contributed by atoms with Crippen molar-refractivity contribution in [3.63, 3.8) is 0 Å². The molecule has 0 aliphatic rings. The number of carboxylic acids is 1. The van der Waals surface area contributed by atoms with Gasteiger partial charge in [-0.3, -0.25) is 14.9 Å². The first kappa shape index (κ1) is 18.6. The molecule has 1 unspecified atom stereocenters. The maximum Gasteiger partial charge on any atom is 0.376 e. The van der Waals surface area contributed by atoms with Crippen molar-refractivity contribution in [3.8, 4) is 0 Å². The minimum Gasteiger partial charge on any atom is -0.550 e. The molecule has 0 amide bonds. The summed E-state index contributed by atoms with van der Waals surface area (Å²) in [6.07, 6.45) is -0.566. The standard InChI is InChI=1S/C14H15NO7S/c1-2-23-11(7-12(16)17)13(18)14(19)22-8-9-3-5-10(6-4-9)15(20)21/h3-6,11H,2,7-8H2,1H3,(H,16,17)/p-1. The average Bonchev–Trinajstić information content (AvgIpc) is 2.51. The number of Topliss-reactive ketones (excluding diaryl/α,β-unsaturated/α-hetero) is 1. The van der Waals surface area contributed by atoms with Gasteiger partial charge in [-0.1, -0.05) is 6.92 Å². The van der Waals surface area contributed by atoms with Gasteiger partial charge in [0.05, 0.1) is 10.2 Å². The van der Waals surface area contributed by atoms with Crippen molar-refractivity contribution in [2.24, 2.45) is 0 Å². The quantitative estimate of drug-likeness (QED) is 0.275. The van der Waals surface area contributed by atoms with E-state index in [4.69, 9.17) is 4.74 Å². The summed E-state index contributed by atoms with van der Waals surface area (Å²) in [5, 5.41) is 20.1. The van der Waals surface area contributed by atoms with E-state index in [1.807, 2.05) is 0 Å². The molecule has 8 nitrogen and oxygen atoms in total. The molecule has 0 saturated carbocycles. The number of hydrogen-bond acceptors (Lipinski definition) is 8. The molecular weight excluding hydrogens is 326 g/mol. The number of hydrogen-bond donors (Lipinski definition) is 0. The molecule has 1 atom stereocenters. The topological polar surface area (TPSA) is 127 Å². The van der Waals surface area contributed by atoms with Gasteiger partial charge in [0.1, 0.15) is 6.61 Å². The van der Waals surface area contributed by atoms with Gasteiger partial charge in [-0.25, -0.2) is 4.79 Å². The van der Waals surface area contributed by atoms with Gasteiger partial charge < -0.3 is 14.6 Å². The fourth-order valence-corrected chi connectivity index (χ4v) is 2.55. The highest BCUT2D eigenvalue weighted by atomic mass is 32.2. The van der Waals surface area contributed by atoms with Crippen LogP contribution in [0.3, 0.4) is 0 Å². The van der Waals surface area contributed by atoms with Crippen LogP contribution in [0, 0.1) is 10.1 Å². The number of nitro groups is 1. The fourth-order valence-electron chi connectivity index (χ4n) is 1.65. The number of ether oxygens (including phenoxy) is 1. The molecule has 0 heterocycles. The lowest BCUT2D eigenvalue weighted by Gasteiger charge is -2.14. The molecule has 124 valence electrons. The van der Waals surface area contributed by atoms with Gasteiger partial charge in [-0.05, 0) is 23.4 Å². The van der Waals surface area contributed by atoms with E-state index in [1.165, 1.54) is 24.3 Å². The fraction of sp³-hybridized carbons (Fsp3) is 0.357. The summed E-state index contributed by atoms with van der Waals surface area (Å²) in [5.74, 6) is -3.05. The number of non-ortho nitro benzene ring substituents is 1. The van der Waals surface area contributed by atoms with Crippen molar-refractivity contribution in [2.75, 3.05) is 5.75 Å². The minimum atomic E-state index is -1.42. The number of benzene rings is 1. The molecule has 0 aliphatic heterocycles. The van der Waals surface area contributed by atoms with Gasteiger partial charge in [0.15, 0.2) is 0 Å². The number of nitro benzene ring substituents is 1. The molecule has 0 spiro atoms. The molecule has 0 radical (unpaired) electrons. The lowest BCUT2D eigenvalue weighted by atomic mass is 10.2. The predicted octanol–water partition coefficient (Wildman–Crippen LogP) is 0.469. The van der Waals surface area contributed by atoms with E-state index < -0.39 is 34.3 Å². The van der Waals surface area contributed by atoms with Crippen molar-refractivity contribution >= 4 is 35.2 Å². The van der Waals surface area contributed by atoms with Crippen LogP contribution in [-0.4, -0.2) is 33.6 Å². The number of nitrogens with zero attached hydrogens (tertiary/aromatic N) is 1. The zero-order chi connectivity index (χ0) is 17.4. The average molecular weight is 340 g/mol. The van der Waals surface area contributed by atoms with E-state index in [9.17, 15) is 29.6 Å². The molecule has 23 heavy (non-hydrogen) atoms. The normalized spacial score (nSPS) is 11.5. The zero-order valence-corrected chi connectivity index (χ0v) is 13.0. The molecule has 1 aromatic carbocycles. The second-order valence-electron chi connectivity index (χ2n) is 4.38. The third kappa shape index (κ3) is 6.07. The van der Waals surface area contributed by atoms with Crippen LogP contribution in [-0.2, 0) is 25.7 Å². The van der Waals surface area contributed by atoms with Gasteiger partial charge in [0.25, 0.3) is 11.5 Å². The highest BCUT2D eigenvalue weighted by Crippen LogP contribution is 2.17. The Morgan fingerprint density at radius 1 is 1.26 bits per heavy atom. The maximum absolute atomic E-state index is 11.9. The van der Waals surface area contributed by atoms with E-state index in [0.717, 1.165) is 11.8 Å². The van der Waals surface area contributed by atoms with E-state index in [2.05, 4.69) is 0 Å². The summed E-state index contributed by atoms with van der Waals surface area (Å²) in [4.78, 5) is 44.1. The summed E-state index contributed by atoms with van der Waals surface area (Å²) in [6, 6.07) is 5.29. The van der Waals surface area contributed by atoms with Crippen molar-refractivity contribution in [2.45, 2.75) is 25.2 Å². The third-order valence-corrected chi connectivity index (χ3v) is 3.85. The Balaban J connectivity index is 2.61. The first-order valence-corrected chi connectivity index (χ1v) is 7.65. The maximum atomic E-state index is 11.9. The second-order valence-corrected chi connectivity index (χ2v) is 5.86. The zero-order valence-electron chi connectivity index (χ0n) is 12.2. The van der Waals surface area contributed by atoms with Crippen molar-refractivity contribution in [1.82, 2.24) is 0 Å². The number of ketones is 1. The summed E-state index contributed by atoms with van der Waals surface area (Å²) >= 11 is 1.02. The molecule has 0 saturated heterocycles. The Kier molecular flexibility index (Phi) is 7.20. The third-order valence-electron chi connectivity index (χ3n) is 2.73. The number of carbonyl (C=O) groups is 3. The number of rotatable bonds is 9. The van der Waals surface area contributed by atoms with Crippen LogP contribution in [0.1, 0.15) is 18.9 Å². The summed E-state index contributed by atoms with van der Waals surface area (Å²) in [7, 11) is 0. The van der Waals surface area contributed by atoms with Crippen LogP contribution < -0.4 is 5.11 Å². The van der Waals surface area contributed by atoms with Gasteiger partial charge in [0, 0.05) is 24.5 Å². The Labute approximate surface area is 136 Å². The van der Waals surface area contributed by atoms with Gasteiger partial charge in [0.2, 0.25) is 0 Å². The monoisotopic (exact) mass is 340 g/mol. The Hall–Kier alpha value is -2.42. The van der Waals surface area contributed by atoms with Crippen LogP contribution >= 0.6 is 11.8 Å². The van der Waals surface area contributed by atoms with Crippen LogP contribution in [0.5, 0.6) is 0 Å². The Morgan fingerprint density at radius 3 is 2.35 bits per heavy atom. The minimum absolute atomic E-state index is 0.107. The molecule has 9 heteroatoms. The second kappa shape index (κ2) is 8.89. The Bertz CT molecular complexity index is 600. The highest BCUT2D eigenvalue weighted by molar-refractivity contribution is 8.00. The summed E-state index contributed by atoms with van der Waals surface area (Å²) in [5.41, 5.74) is 0.362. The molecule has 1 aromatic rings. The Morgan fingerprint density at radius 2 is 1.87 bits per heavy atom. The first-order chi connectivity index (χ1) is 10.8. The van der Waals surface area contributed by atoms with Crippen molar-refractivity contribution < 1.29 is 29.2 Å². The molecule has 1 rings (SSSR count). The van der Waals surface area contributed by atoms with Crippen molar-refractivity contribution in [3.05, 3.63) is 39.9 Å². The van der Waals surface area contributed by atoms with Crippen LogP contribution in [0.25, 0.3) is 0 Å². The van der Waals surface area contributed by atoms with Crippen LogP contribution in [0.4, 0.5) is 5.69 Å². The molecule has 0 aliphatic carbocycles. The number of thioether (sulfide) groups is 1. The largest absolute Gasteiger partial charge is 0.550 e. The summed E-state index contributed by atoms with van der Waals surface area (Å²) in [6.45, 7) is 1.49. The van der Waals surface area contributed by atoms with Crippen LogP contribution in [0.2, 0.25) is 0 Å². The number of carbonyl (C=O) groups excluding carboxylic acids is 3. The molecule has 0 aromatic heterocycles. The molecule has 0 N–H and O–H groups in total. The first-order valence-electron chi connectivity index (χ1n) is 6.60. The van der Waals surface area contributed by atoms with E-state index in [1.54, 1.807) is 6.92 Å². The smallest absolute Gasteiger partial charge is 0.376 e. The van der Waals surface area contributed by atoms with Gasteiger partial charge in [-0.2, -0.15) is 0 Å².